The van der Waals surface area contributed by atoms with Crippen molar-refractivity contribution in [1.29, 1.82) is 0 Å². The molecule has 7 atom stereocenters. The van der Waals surface area contributed by atoms with E-state index in [0.717, 1.165) is 53.7 Å². The molecular weight excluding hydrogens is 571 g/mol. The van der Waals surface area contributed by atoms with Crippen molar-refractivity contribution in [2.45, 2.75) is 64.1 Å². The molecular formula is C36H39FN4O4. The van der Waals surface area contributed by atoms with Gasteiger partial charge in [0, 0.05) is 12.5 Å². The highest BCUT2D eigenvalue weighted by Gasteiger charge is 2.68. The fraction of sp³-hybridized carbons (Fsp3) is 0.472. The van der Waals surface area contributed by atoms with Crippen molar-refractivity contribution in [3.63, 3.8) is 0 Å². The quantitative estimate of drug-likeness (QED) is 0.313. The van der Waals surface area contributed by atoms with E-state index < -0.39 is 17.1 Å². The number of aromatic nitrogens is 4. The second-order valence-electron chi connectivity index (χ2n) is 14.3. The van der Waals surface area contributed by atoms with Crippen LogP contribution in [0.2, 0.25) is 0 Å². The van der Waals surface area contributed by atoms with E-state index in [0.29, 0.717) is 18.9 Å². The minimum atomic E-state index is -1.58. The zero-order chi connectivity index (χ0) is 31.3. The van der Waals surface area contributed by atoms with Gasteiger partial charge in [0.1, 0.15) is 11.4 Å². The van der Waals surface area contributed by atoms with Crippen molar-refractivity contribution in [3.8, 4) is 11.7 Å². The lowest BCUT2D eigenvalue weighted by atomic mass is 9.45. The van der Waals surface area contributed by atoms with Crippen LogP contribution < -0.4 is 4.74 Å². The molecule has 0 aliphatic heterocycles. The van der Waals surface area contributed by atoms with Crippen LogP contribution in [0.1, 0.15) is 57.2 Å². The van der Waals surface area contributed by atoms with Crippen molar-refractivity contribution >= 4 is 22.9 Å². The monoisotopic (exact) mass is 610 g/mol. The van der Waals surface area contributed by atoms with E-state index in [-0.39, 0.29) is 41.4 Å². The maximum Gasteiger partial charge on any atom is 0.297 e. The van der Waals surface area contributed by atoms with Gasteiger partial charge in [0.05, 0.1) is 34.7 Å². The normalized spacial score (nSPS) is 33.6. The first-order chi connectivity index (χ1) is 21.5. The van der Waals surface area contributed by atoms with Crippen LogP contribution in [0.3, 0.4) is 0 Å². The minimum Gasteiger partial charge on any atom is -0.457 e. The van der Waals surface area contributed by atoms with Gasteiger partial charge in [-0.05, 0) is 110 Å². The van der Waals surface area contributed by atoms with Crippen LogP contribution in [0.25, 0.3) is 22.8 Å². The SMILES string of the molecule is Cn1c(OCC(=O)C2(O)CCC3C4CCC5=Cc6c(cnn6-c6ccc(F)cc6)CC5(C)C4C(O)CC32C)nc2ccccc21. The van der Waals surface area contributed by atoms with Crippen molar-refractivity contribution in [2.75, 3.05) is 6.61 Å². The summed E-state index contributed by atoms with van der Waals surface area (Å²) < 4.78 is 23.2. The molecule has 8 nitrogen and oxygen atoms in total. The van der Waals surface area contributed by atoms with Gasteiger partial charge in [-0.2, -0.15) is 10.1 Å². The summed E-state index contributed by atoms with van der Waals surface area (Å²) in [4.78, 5) is 18.4. The van der Waals surface area contributed by atoms with E-state index in [1.54, 1.807) is 12.1 Å². The van der Waals surface area contributed by atoms with E-state index in [1.165, 1.54) is 17.7 Å². The first-order valence-corrected chi connectivity index (χ1v) is 16.1. The van der Waals surface area contributed by atoms with Gasteiger partial charge < -0.3 is 14.9 Å². The molecule has 8 rings (SSSR count). The molecule has 9 heteroatoms. The van der Waals surface area contributed by atoms with Crippen LogP contribution in [-0.2, 0) is 18.3 Å². The Labute approximate surface area is 261 Å². The Kier molecular flexibility index (Phi) is 6.26. The maximum absolute atomic E-state index is 13.8. The van der Waals surface area contributed by atoms with Crippen molar-refractivity contribution in [3.05, 3.63) is 77.4 Å². The highest BCUT2D eigenvalue weighted by atomic mass is 19.1. The van der Waals surface area contributed by atoms with Crippen LogP contribution in [0.4, 0.5) is 4.39 Å². The van der Waals surface area contributed by atoms with Gasteiger partial charge in [0.2, 0.25) is 5.78 Å². The van der Waals surface area contributed by atoms with Gasteiger partial charge in [0.15, 0.2) is 6.61 Å². The molecule has 234 valence electrons. The number of rotatable bonds is 5. The van der Waals surface area contributed by atoms with E-state index in [2.05, 4.69) is 23.1 Å². The molecule has 0 spiro atoms. The number of imidazole rings is 1. The Morgan fingerprint density at radius 1 is 1.13 bits per heavy atom. The fourth-order valence-electron chi connectivity index (χ4n) is 9.94. The lowest BCUT2D eigenvalue weighted by molar-refractivity contribution is -0.180. The third-order valence-electron chi connectivity index (χ3n) is 12.2. The molecule has 0 bridgehead atoms. The molecule has 0 amide bonds. The number of ketones is 1. The number of fused-ring (bicyclic) bond motifs is 7. The zero-order valence-corrected chi connectivity index (χ0v) is 25.9. The number of halogens is 1. The van der Waals surface area contributed by atoms with Crippen LogP contribution >= 0.6 is 0 Å². The van der Waals surface area contributed by atoms with E-state index >= 15 is 0 Å². The van der Waals surface area contributed by atoms with Gasteiger partial charge in [-0.25, -0.2) is 9.07 Å². The number of allylic oxidation sites excluding steroid dienone is 1. The second-order valence-corrected chi connectivity index (χ2v) is 14.3. The molecule has 2 aromatic carbocycles. The number of ether oxygens (including phenoxy) is 1. The van der Waals surface area contributed by atoms with Gasteiger partial charge in [-0.1, -0.05) is 31.6 Å². The molecule has 45 heavy (non-hydrogen) atoms. The number of aliphatic hydroxyl groups is 2. The predicted octanol–water partition coefficient (Wildman–Crippen LogP) is 5.43. The molecule has 2 heterocycles. The smallest absolute Gasteiger partial charge is 0.297 e. The Morgan fingerprint density at radius 3 is 2.69 bits per heavy atom. The highest BCUT2D eigenvalue weighted by molar-refractivity contribution is 5.90. The summed E-state index contributed by atoms with van der Waals surface area (Å²) in [6.07, 6.45) is 7.46. The summed E-state index contributed by atoms with van der Waals surface area (Å²) in [6, 6.07) is 14.4. The van der Waals surface area contributed by atoms with Gasteiger partial charge in [-0.15, -0.1) is 0 Å². The molecule has 4 aliphatic rings. The molecule has 3 saturated carbocycles. The second kappa shape index (κ2) is 9.84. The standard InChI is InChI=1S/C36H39FN4O4/c1-34-17-21-19-38-41(24-11-9-23(37)10-12-24)29(21)16-22(34)8-13-25-26-14-15-36(44,35(26,2)18-30(42)32(25)34)31(43)20-45-33-39-27-6-4-5-7-28(27)40(33)3/h4-7,9-12,16,19,25-26,30,32,42,44H,8,13-15,17-18,20H2,1-3H3. The number of Topliss-reactive ketones (excluding diaryl/α,β-unsaturated/α-hetero) is 1. The Balaban J connectivity index is 1.05. The van der Waals surface area contributed by atoms with Gasteiger partial charge in [-0.3, -0.25) is 9.36 Å². The van der Waals surface area contributed by atoms with Crippen molar-refractivity contribution < 1.29 is 24.1 Å². The highest BCUT2D eigenvalue weighted by Crippen LogP contribution is 2.67. The molecule has 2 aromatic heterocycles. The molecule has 4 aromatic rings. The molecule has 4 aliphatic carbocycles. The zero-order valence-electron chi connectivity index (χ0n) is 25.9. The molecule has 7 unspecified atom stereocenters. The summed E-state index contributed by atoms with van der Waals surface area (Å²) in [6.45, 7) is 4.01. The number of hydrogen-bond acceptors (Lipinski definition) is 6. The van der Waals surface area contributed by atoms with Crippen LogP contribution in [0, 0.1) is 34.4 Å². The fourth-order valence-corrected chi connectivity index (χ4v) is 9.94. The summed E-state index contributed by atoms with van der Waals surface area (Å²) >= 11 is 0. The molecule has 0 radical (unpaired) electrons. The third kappa shape index (κ3) is 3.99. The van der Waals surface area contributed by atoms with Crippen molar-refractivity contribution in [1.82, 2.24) is 19.3 Å². The summed E-state index contributed by atoms with van der Waals surface area (Å²) in [5, 5.41) is 28.8. The van der Waals surface area contributed by atoms with E-state index in [4.69, 9.17) is 4.74 Å². The predicted molar refractivity (Wildman–Crippen MR) is 167 cm³/mol. The van der Waals surface area contributed by atoms with Crippen LogP contribution in [0.5, 0.6) is 6.01 Å². The number of carbonyl (C=O) groups is 1. The molecule has 2 N–H and O–H groups in total. The number of hydrogen-bond donors (Lipinski definition) is 2. The van der Waals surface area contributed by atoms with E-state index in [9.17, 15) is 19.4 Å². The summed E-state index contributed by atoms with van der Waals surface area (Å²) in [7, 11) is 1.85. The van der Waals surface area contributed by atoms with Gasteiger partial charge >= 0.3 is 0 Å². The Bertz CT molecular complexity index is 1860. The lowest BCUT2D eigenvalue weighted by Crippen LogP contribution is -2.62. The number of carbonyl (C=O) groups excluding carboxylic acids is 1. The number of para-hydroxylation sites is 2. The first-order valence-electron chi connectivity index (χ1n) is 16.1. The average molecular weight is 611 g/mol. The van der Waals surface area contributed by atoms with Gasteiger partial charge in [0.25, 0.3) is 6.01 Å². The average Bonchev–Trinajstić information content (AvgIpc) is 3.66. The lowest BCUT2D eigenvalue weighted by Gasteiger charge is -2.60. The largest absolute Gasteiger partial charge is 0.457 e. The summed E-state index contributed by atoms with van der Waals surface area (Å²) in [5.41, 5.74) is 3.34. The van der Waals surface area contributed by atoms with E-state index in [1.807, 2.05) is 53.7 Å². The number of aryl methyl sites for hydroxylation is 1. The number of aliphatic hydroxyl groups excluding tert-OH is 1. The Hall–Kier alpha value is -3.82. The molecule has 3 fully saturated rings. The minimum absolute atomic E-state index is 0.00611. The first kappa shape index (κ1) is 28.6. The van der Waals surface area contributed by atoms with Crippen molar-refractivity contribution in [2.24, 2.45) is 35.6 Å². The topological polar surface area (TPSA) is 102 Å². The third-order valence-corrected chi connectivity index (χ3v) is 12.2. The van der Waals surface area contributed by atoms with Crippen LogP contribution in [0.15, 0.2) is 60.3 Å². The maximum atomic E-state index is 13.8. The number of benzene rings is 2. The molecule has 0 saturated heterocycles. The Morgan fingerprint density at radius 2 is 1.91 bits per heavy atom. The van der Waals surface area contributed by atoms with Crippen LogP contribution in [-0.4, -0.2) is 53.6 Å². The number of nitrogens with zero attached hydrogens (tertiary/aromatic N) is 4. The summed E-state index contributed by atoms with van der Waals surface area (Å²) in [5.74, 6) is -0.332.